The van der Waals surface area contributed by atoms with Crippen LogP contribution >= 0.6 is 0 Å². The van der Waals surface area contributed by atoms with Gasteiger partial charge in [0.15, 0.2) is 0 Å². The summed E-state index contributed by atoms with van der Waals surface area (Å²) < 4.78 is 0. The van der Waals surface area contributed by atoms with Crippen LogP contribution in [0.25, 0.3) is 10.9 Å². The monoisotopic (exact) mass is 230 g/mol. The van der Waals surface area contributed by atoms with E-state index in [1.807, 2.05) is 30.5 Å². The molecule has 0 atom stereocenters. The Kier molecular flexibility index (Phi) is 3.88. The van der Waals surface area contributed by atoms with Crippen molar-refractivity contribution in [2.75, 3.05) is 24.5 Å². The molecule has 0 aliphatic carbocycles. The minimum absolute atomic E-state index is 0.698. The van der Waals surface area contributed by atoms with Gasteiger partial charge in [-0.3, -0.25) is 0 Å². The number of benzene rings is 1. The lowest BCUT2D eigenvalue weighted by Gasteiger charge is -2.20. The molecular weight excluding hydrogens is 212 g/mol. The summed E-state index contributed by atoms with van der Waals surface area (Å²) >= 11 is 0. The molecule has 0 radical (unpaired) electrons. The minimum atomic E-state index is 0.698. The lowest BCUT2D eigenvalue weighted by molar-refractivity contribution is 0.735. The third-order valence-electron chi connectivity index (χ3n) is 2.77. The Morgan fingerprint density at radius 2 is 2.12 bits per heavy atom. The molecule has 0 aliphatic heterocycles. The number of fused-ring (bicyclic) bond motifs is 1. The Balaban J connectivity index is 2.27. The molecule has 0 bridgehead atoms. The standard InChI is InChI=1S/C13H18N4/c1-2-17(9-5-8-14)13-15-10-11-6-3-4-7-12(11)16-13/h3-4,6-7,10H,2,5,8-9,14H2,1H3. The van der Waals surface area contributed by atoms with Crippen LogP contribution in [0.5, 0.6) is 0 Å². The highest BCUT2D eigenvalue weighted by molar-refractivity contribution is 5.78. The van der Waals surface area contributed by atoms with E-state index >= 15 is 0 Å². The maximum Gasteiger partial charge on any atom is 0.225 e. The molecule has 0 fully saturated rings. The molecule has 0 spiro atoms. The van der Waals surface area contributed by atoms with Gasteiger partial charge in [0, 0.05) is 24.7 Å². The number of nitrogens with two attached hydrogens (primary N) is 1. The number of para-hydroxylation sites is 1. The van der Waals surface area contributed by atoms with Crippen LogP contribution in [0.4, 0.5) is 5.95 Å². The zero-order chi connectivity index (χ0) is 12.1. The molecule has 0 saturated heterocycles. The summed E-state index contributed by atoms with van der Waals surface area (Å²) in [4.78, 5) is 11.1. The molecular formula is C13H18N4. The zero-order valence-corrected chi connectivity index (χ0v) is 10.1. The van der Waals surface area contributed by atoms with E-state index in [-0.39, 0.29) is 0 Å². The van der Waals surface area contributed by atoms with E-state index in [1.54, 1.807) is 0 Å². The second-order valence-electron chi connectivity index (χ2n) is 3.95. The first-order chi connectivity index (χ1) is 8.35. The van der Waals surface area contributed by atoms with Crippen molar-refractivity contribution in [1.29, 1.82) is 0 Å². The van der Waals surface area contributed by atoms with Gasteiger partial charge in [-0.25, -0.2) is 9.97 Å². The summed E-state index contributed by atoms with van der Waals surface area (Å²) in [5.74, 6) is 0.791. The van der Waals surface area contributed by atoms with Crippen LogP contribution in [0.2, 0.25) is 0 Å². The van der Waals surface area contributed by atoms with Crippen molar-refractivity contribution in [3.63, 3.8) is 0 Å². The average Bonchev–Trinajstić information content (AvgIpc) is 2.39. The van der Waals surface area contributed by atoms with Crippen LogP contribution < -0.4 is 10.6 Å². The van der Waals surface area contributed by atoms with E-state index in [1.165, 1.54) is 0 Å². The van der Waals surface area contributed by atoms with E-state index in [2.05, 4.69) is 21.8 Å². The van der Waals surface area contributed by atoms with Gasteiger partial charge in [0.25, 0.3) is 0 Å². The first-order valence-corrected chi connectivity index (χ1v) is 6.02. The Labute approximate surface area is 101 Å². The van der Waals surface area contributed by atoms with Gasteiger partial charge in [-0.2, -0.15) is 0 Å². The molecule has 4 heteroatoms. The van der Waals surface area contributed by atoms with Crippen molar-refractivity contribution in [1.82, 2.24) is 9.97 Å². The predicted octanol–water partition coefficient (Wildman–Crippen LogP) is 1.80. The fourth-order valence-corrected chi connectivity index (χ4v) is 1.80. The molecule has 4 nitrogen and oxygen atoms in total. The second kappa shape index (κ2) is 5.59. The lowest BCUT2D eigenvalue weighted by Crippen LogP contribution is -2.27. The summed E-state index contributed by atoms with van der Waals surface area (Å²) in [5, 5.41) is 1.08. The third-order valence-corrected chi connectivity index (χ3v) is 2.77. The van der Waals surface area contributed by atoms with Crippen LogP contribution in [-0.4, -0.2) is 29.6 Å². The highest BCUT2D eigenvalue weighted by Crippen LogP contribution is 2.14. The first kappa shape index (κ1) is 11.8. The van der Waals surface area contributed by atoms with Crippen molar-refractivity contribution < 1.29 is 0 Å². The summed E-state index contributed by atoms with van der Waals surface area (Å²) in [7, 11) is 0. The van der Waals surface area contributed by atoms with Crippen LogP contribution in [-0.2, 0) is 0 Å². The second-order valence-corrected chi connectivity index (χ2v) is 3.95. The molecule has 0 amide bonds. The number of nitrogens with zero attached hydrogens (tertiary/aromatic N) is 3. The average molecular weight is 230 g/mol. The summed E-state index contributed by atoms with van der Waals surface area (Å²) in [5.41, 5.74) is 6.52. The van der Waals surface area contributed by atoms with Crippen molar-refractivity contribution in [2.45, 2.75) is 13.3 Å². The van der Waals surface area contributed by atoms with Crippen LogP contribution in [0.15, 0.2) is 30.5 Å². The molecule has 0 unspecified atom stereocenters. The van der Waals surface area contributed by atoms with Gasteiger partial charge in [-0.1, -0.05) is 18.2 Å². The molecule has 2 rings (SSSR count). The van der Waals surface area contributed by atoms with Gasteiger partial charge in [0.2, 0.25) is 5.95 Å². The normalized spacial score (nSPS) is 10.7. The number of anilines is 1. The van der Waals surface area contributed by atoms with Crippen molar-refractivity contribution in [3.8, 4) is 0 Å². The lowest BCUT2D eigenvalue weighted by atomic mass is 10.2. The molecule has 0 saturated carbocycles. The van der Waals surface area contributed by atoms with Crippen LogP contribution in [0, 0.1) is 0 Å². The summed E-state index contributed by atoms with van der Waals surface area (Å²) in [6, 6.07) is 8.03. The van der Waals surface area contributed by atoms with E-state index in [0.29, 0.717) is 6.54 Å². The topological polar surface area (TPSA) is 55.0 Å². The van der Waals surface area contributed by atoms with Crippen LogP contribution in [0.3, 0.4) is 0 Å². The molecule has 0 aliphatic rings. The molecule has 90 valence electrons. The number of aromatic nitrogens is 2. The predicted molar refractivity (Wildman–Crippen MR) is 71.1 cm³/mol. The molecule has 1 heterocycles. The Morgan fingerprint density at radius 3 is 2.88 bits per heavy atom. The van der Waals surface area contributed by atoms with Crippen molar-refractivity contribution in [2.24, 2.45) is 5.73 Å². The van der Waals surface area contributed by atoms with Gasteiger partial charge in [-0.05, 0) is 26.0 Å². The molecule has 17 heavy (non-hydrogen) atoms. The number of rotatable bonds is 5. The summed E-state index contributed by atoms with van der Waals surface area (Å²) in [6.07, 6.45) is 2.84. The fraction of sp³-hybridized carbons (Fsp3) is 0.385. The van der Waals surface area contributed by atoms with Gasteiger partial charge in [-0.15, -0.1) is 0 Å². The molecule has 1 aromatic heterocycles. The molecule has 2 aromatic rings. The molecule has 1 aromatic carbocycles. The first-order valence-electron chi connectivity index (χ1n) is 6.02. The van der Waals surface area contributed by atoms with Gasteiger partial charge >= 0.3 is 0 Å². The van der Waals surface area contributed by atoms with Crippen LogP contribution in [0.1, 0.15) is 13.3 Å². The SMILES string of the molecule is CCN(CCCN)c1ncc2ccccc2n1. The summed E-state index contributed by atoms with van der Waals surface area (Å²) in [6.45, 7) is 4.61. The van der Waals surface area contributed by atoms with E-state index in [0.717, 1.165) is 36.4 Å². The number of hydrogen-bond acceptors (Lipinski definition) is 4. The Hall–Kier alpha value is -1.68. The van der Waals surface area contributed by atoms with E-state index < -0.39 is 0 Å². The number of hydrogen-bond donors (Lipinski definition) is 1. The van der Waals surface area contributed by atoms with E-state index in [4.69, 9.17) is 5.73 Å². The smallest absolute Gasteiger partial charge is 0.225 e. The van der Waals surface area contributed by atoms with E-state index in [9.17, 15) is 0 Å². The van der Waals surface area contributed by atoms with Crippen molar-refractivity contribution in [3.05, 3.63) is 30.5 Å². The molecule has 2 N–H and O–H groups in total. The quantitative estimate of drug-likeness (QED) is 0.851. The largest absolute Gasteiger partial charge is 0.341 e. The Bertz CT molecular complexity index is 484. The Morgan fingerprint density at radius 1 is 1.29 bits per heavy atom. The minimum Gasteiger partial charge on any atom is -0.341 e. The maximum absolute atomic E-state index is 5.53. The maximum atomic E-state index is 5.53. The van der Waals surface area contributed by atoms with Gasteiger partial charge in [0.1, 0.15) is 0 Å². The third kappa shape index (κ3) is 2.71. The van der Waals surface area contributed by atoms with Crippen molar-refractivity contribution >= 4 is 16.9 Å². The highest BCUT2D eigenvalue weighted by atomic mass is 15.2. The highest BCUT2D eigenvalue weighted by Gasteiger charge is 2.07. The van der Waals surface area contributed by atoms with Gasteiger partial charge < -0.3 is 10.6 Å². The zero-order valence-electron chi connectivity index (χ0n) is 10.1. The van der Waals surface area contributed by atoms with Gasteiger partial charge in [0.05, 0.1) is 5.52 Å². The fourth-order valence-electron chi connectivity index (χ4n) is 1.80.